The summed E-state index contributed by atoms with van der Waals surface area (Å²) < 4.78 is 34.5. The number of nitrogens with one attached hydrogen (secondary N) is 1. The number of hydrogen-bond acceptors (Lipinski definition) is 18. The summed E-state index contributed by atoms with van der Waals surface area (Å²) in [5.41, 5.74) is 0. The molecule has 12 N–H and O–H groups in total. The summed E-state index contributed by atoms with van der Waals surface area (Å²) in [7, 11) is 0. The fourth-order valence-electron chi connectivity index (χ4n) is 14.4. The Labute approximate surface area is 589 Å². The third-order valence-corrected chi connectivity index (χ3v) is 20.9. The van der Waals surface area contributed by atoms with Gasteiger partial charge in [0.05, 0.1) is 38.6 Å². The van der Waals surface area contributed by atoms with Crippen LogP contribution in [0.3, 0.4) is 0 Å². The van der Waals surface area contributed by atoms with E-state index >= 15 is 0 Å². The van der Waals surface area contributed by atoms with E-state index in [1.54, 1.807) is 0 Å². The number of aliphatic hydroxyl groups excluding tert-OH is 11. The first-order chi connectivity index (χ1) is 47.3. The molecule has 19 heteroatoms. The number of aliphatic hydroxyl groups is 11. The van der Waals surface area contributed by atoms with Gasteiger partial charge in [-0.05, 0) is 12.8 Å². The van der Waals surface area contributed by atoms with Gasteiger partial charge in [-0.1, -0.05) is 341 Å². The van der Waals surface area contributed by atoms with Gasteiger partial charge in [0.1, 0.15) is 73.2 Å². The fraction of sp³-hybridized carbons (Fsp3) is 0.987. The summed E-state index contributed by atoms with van der Waals surface area (Å²) in [5, 5.41) is 121. The van der Waals surface area contributed by atoms with Crippen molar-refractivity contribution in [2.45, 2.75) is 465 Å². The normalized spacial score (nSPS) is 26.8. The molecule has 0 bridgehead atoms. The number of amides is 1. The Morgan fingerprint density at radius 1 is 0.330 bits per heavy atom. The molecule has 3 rings (SSSR count). The molecule has 19 nitrogen and oxygen atoms in total. The summed E-state index contributed by atoms with van der Waals surface area (Å²) in [6.45, 7) is 1.88. The zero-order chi connectivity index (χ0) is 70.4. The molecule has 0 spiro atoms. The molecule has 17 unspecified atom stereocenters. The van der Waals surface area contributed by atoms with E-state index in [0.717, 1.165) is 44.9 Å². The quantitative estimate of drug-likeness (QED) is 0.0252. The van der Waals surface area contributed by atoms with E-state index in [1.165, 1.54) is 283 Å². The van der Waals surface area contributed by atoms with Gasteiger partial charge in [0.15, 0.2) is 18.9 Å². The molecule has 0 aromatic carbocycles. The number of rotatable bonds is 66. The Kier molecular flexibility index (Phi) is 55.8. The van der Waals surface area contributed by atoms with Crippen LogP contribution in [0.15, 0.2) is 0 Å². The van der Waals surface area contributed by atoms with Crippen LogP contribution in [0.1, 0.15) is 361 Å². The third kappa shape index (κ3) is 40.6. The van der Waals surface area contributed by atoms with E-state index in [9.17, 15) is 61.0 Å². The van der Waals surface area contributed by atoms with Gasteiger partial charge in [-0.15, -0.1) is 0 Å². The molecule has 0 saturated carbocycles. The van der Waals surface area contributed by atoms with Gasteiger partial charge in [-0.2, -0.15) is 0 Å². The number of carbonyl (C=O) groups is 1. The van der Waals surface area contributed by atoms with Gasteiger partial charge < -0.3 is 89.9 Å². The Bertz CT molecular complexity index is 1760. The SMILES string of the molecule is CCCCCCCCCCCCCCCCCCCCCCCCCCCCCCCCC(O)C(COC1OC(CO)C(OC2OC(CO)C(OC3OC(CO)C(O)C(O)C3O)C(O)C2O)C(O)C1O)NC(=O)CCCCCCCCCCCCCCCCCCCCCCCC. The van der Waals surface area contributed by atoms with Crippen molar-refractivity contribution in [2.75, 3.05) is 26.4 Å². The lowest BCUT2D eigenvalue weighted by atomic mass is 9.96. The Morgan fingerprint density at radius 3 is 0.897 bits per heavy atom. The minimum absolute atomic E-state index is 0.233. The lowest BCUT2D eigenvalue weighted by Crippen LogP contribution is -2.66. The highest BCUT2D eigenvalue weighted by atomic mass is 16.8. The van der Waals surface area contributed by atoms with Gasteiger partial charge in [0.25, 0.3) is 0 Å². The monoisotopic (exact) mass is 1390 g/mol. The summed E-state index contributed by atoms with van der Waals surface area (Å²) in [5.74, 6) is -0.233. The van der Waals surface area contributed by atoms with E-state index in [1.807, 2.05) is 0 Å². The van der Waals surface area contributed by atoms with Crippen LogP contribution < -0.4 is 5.32 Å². The minimum atomic E-state index is -1.97. The molecule has 3 aliphatic rings. The molecule has 3 aliphatic heterocycles. The first-order valence-electron chi connectivity index (χ1n) is 40.8. The van der Waals surface area contributed by atoms with Gasteiger partial charge in [0.2, 0.25) is 5.91 Å². The number of unbranched alkanes of at least 4 members (excludes halogenated alkanes) is 50. The minimum Gasteiger partial charge on any atom is -0.394 e. The smallest absolute Gasteiger partial charge is 0.220 e. The van der Waals surface area contributed by atoms with Crippen molar-refractivity contribution < 1.29 is 89.4 Å². The number of ether oxygens (including phenoxy) is 6. The maximum absolute atomic E-state index is 13.5. The topological polar surface area (TPSA) is 307 Å². The zero-order valence-electron chi connectivity index (χ0n) is 61.6. The maximum Gasteiger partial charge on any atom is 0.220 e. The van der Waals surface area contributed by atoms with Crippen LogP contribution in [0, 0.1) is 0 Å². The fourth-order valence-corrected chi connectivity index (χ4v) is 14.4. The van der Waals surface area contributed by atoms with Crippen LogP contribution >= 0.6 is 0 Å². The molecule has 1 amide bonds. The Hall–Kier alpha value is -1.21. The van der Waals surface area contributed by atoms with Gasteiger partial charge in [-0.3, -0.25) is 4.79 Å². The zero-order valence-corrected chi connectivity index (χ0v) is 61.6. The molecular weight excluding hydrogens is 1240 g/mol. The average Bonchev–Trinajstić information content (AvgIpc) is 0.826. The van der Waals surface area contributed by atoms with Crippen LogP contribution in [-0.4, -0.2) is 193 Å². The standard InChI is InChI=1S/C78H151NO18/c1-3-5-7-9-11-13-15-17-19-21-23-25-27-28-29-30-31-32-33-34-35-37-39-41-43-45-47-49-51-53-55-62(83)61(79-66(84)56-54-52-50-48-46-44-42-40-38-36-26-24-22-20-18-16-14-12-10-8-6-4-2)60-92-76-72(90)69(87)74(64(58-81)94-76)97-78-73(91)70(88)75(65(59-82)95-78)96-77-71(89)68(86)67(85)63(57-80)93-77/h61-65,67-78,80-83,85-91H,3-60H2,1-2H3,(H,79,84). The van der Waals surface area contributed by atoms with Crippen molar-refractivity contribution in [3.63, 3.8) is 0 Å². The molecule has 97 heavy (non-hydrogen) atoms. The average molecular weight is 1390 g/mol. The summed E-state index contributed by atoms with van der Waals surface area (Å²) in [6, 6.07) is -0.883. The molecule has 0 aromatic heterocycles. The van der Waals surface area contributed by atoms with Crippen molar-refractivity contribution in [2.24, 2.45) is 0 Å². The number of carbonyl (C=O) groups excluding carboxylic acids is 1. The Balaban J connectivity index is 1.36. The van der Waals surface area contributed by atoms with E-state index in [4.69, 9.17) is 28.4 Å². The molecule has 3 heterocycles. The van der Waals surface area contributed by atoms with Gasteiger partial charge >= 0.3 is 0 Å². The molecule has 3 saturated heterocycles. The molecule has 0 aliphatic carbocycles. The second-order valence-corrected chi connectivity index (χ2v) is 29.6. The lowest BCUT2D eigenvalue weighted by molar-refractivity contribution is -0.379. The van der Waals surface area contributed by atoms with Gasteiger partial charge in [0, 0.05) is 6.42 Å². The van der Waals surface area contributed by atoms with Crippen LogP contribution in [0.5, 0.6) is 0 Å². The highest BCUT2D eigenvalue weighted by Crippen LogP contribution is 2.33. The van der Waals surface area contributed by atoms with Crippen molar-refractivity contribution in [1.29, 1.82) is 0 Å². The second kappa shape index (κ2) is 60.1. The van der Waals surface area contributed by atoms with Crippen molar-refractivity contribution >= 4 is 5.91 Å². The highest BCUT2D eigenvalue weighted by Gasteiger charge is 2.54. The molecule has 3 fully saturated rings. The number of hydrogen-bond donors (Lipinski definition) is 12. The van der Waals surface area contributed by atoms with Crippen molar-refractivity contribution in [3.8, 4) is 0 Å². The first kappa shape index (κ1) is 90.0. The second-order valence-electron chi connectivity index (χ2n) is 29.6. The van der Waals surface area contributed by atoms with Crippen LogP contribution in [-0.2, 0) is 33.2 Å². The highest BCUT2D eigenvalue weighted by molar-refractivity contribution is 5.76. The van der Waals surface area contributed by atoms with Crippen LogP contribution in [0.25, 0.3) is 0 Å². The summed E-state index contributed by atoms with van der Waals surface area (Å²) in [4.78, 5) is 13.5. The Morgan fingerprint density at radius 2 is 0.588 bits per heavy atom. The summed E-state index contributed by atoms with van der Waals surface area (Å²) >= 11 is 0. The molecule has 0 aromatic rings. The maximum atomic E-state index is 13.5. The molecule has 17 atom stereocenters. The van der Waals surface area contributed by atoms with E-state index < -0.39 is 124 Å². The first-order valence-corrected chi connectivity index (χ1v) is 40.8. The van der Waals surface area contributed by atoms with Crippen molar-refractivity contribution in [3.05, 3.63) is 0 Å². The van der Waals surface area contributed by atoms with Gasteiger partial charge in [-0.25, -0.2) is 0 Å². The molecule has 576 valence electrons. The lowest BCUT2D eigenvalue weighted by Gasteiger charge is -2.48. The van der Waals surface area contributed by atoms with Crippen LogP contribution in [0.2, 0.25) is 0 Å². The molecular formula is C78H151NO18. The predicted molar refractivity (Wildman–Crippen MR) is 384 cm³/mol. The third-order valence-electron chi connectivity index (χ3n) is 20.9. The summed E-state index contributed by atoms with van der Waals surface area (Å²) in [6.07, 6.45) is 42.0. The molecule has 0 radical (unpaired) electrons. The van der Waals surface area contributed by atoms with E-state index in [-0.39, 0.29) is 18.9 Å². The van der Waals surface area contributed by atoms with E-state index in [2.05, 4.69) is 19.2 Å². The van der Waals surface area contributed by atoms with E-state index in [0.29, 0.717) is 12.8 Å². The van der Waals surface area contributed by atoms with Crippen molar-refractivity contribution in [1.82, 2.24) is 5.32 Å². The van der Waals surface area contributed by atoms with Crippen LogP contribution in [0.4, 0.5) is 0 Å². The largest absolute Gasteiger partial charge is 0.394 e. The predicted octanol–water partition coefficient (Wildman–Crippen LogP) is 13.4.